The number of amides is 1. The number of carbonyl (C=O) groups is 1. The summed E-state index contributed by atoms with van der Waals surface area (Å²) in [5.41, 5.74) is 4.74. The number of halogens is 1. The van der Waals surface area contributed by atoms with E-state index in [0.29, 0.717) is 16.0 Å². The fraction of sp³-hybridized carbons (Fsp3) is 0.130. The highest BCUT2D eigenvalue weighted by atomic mass is 35.5. The van der Waals surface area contributed by atoms with Crippen molar-refractivity contribution in [1.29, 1.82) is 0 Å². The molecule has 2 heterocycles. The molecule has 4 aromatic rings. The molecule has 0 aliphatic rings. The Morgan fingerprint density at radius 2 is 1.77 bits per heavy atom. The Morgan fingerprint density at radius 1 is 1.03 bits per heavy atom. The maximum Gasteiger partial charge on any atom is 0.234 e. The third-order valence-corrected chi connectivity index (χ3v) is 5.83. The van der Waals surface area contributed by atoms with E-state index in [4.69, 9.17) is 11.6 Å². The molecule has 0 saturated carbocycles. The molecule has 2 aromatic heterocycles. The highest BCUT2D eigenvalue weighted by Crippen LogP contribution is 2.28. The van der Waals surface area contributed by atoms with Crippen LogP contribution in [0.4, 0.5) is 5.69 Å². The fourth-order valence-corrected chi connectivity index (χ4v) is 4.02. The van der Waals surface area contributed by atoms with Crippen molar-refractivity contribution >= 4 is 35.0 Å². The minimum Gasteiger partial charge on any atom is -0.325 e. The molecular formula is C23H20ClN5OS. The summed E-state index contributed by atoms with van der Waals surface area (Å²) in [5, 5.41) is 12.9. The molecule has 0 spiro atoms. The van der Waals surface area contributed by atoms with Gasteiger partial charge in [0.25, 0.3) is 0 Å². The lowest BCUT2D eigenvalue weighted by atomic mass is 10.1. The standard InChI is InChI=1S/C23H20ClN5OS/c1-15-3-8-20(16(2)13-15)26-21(30)14-31-23-28-27-22(17-9-11-25-12-10-17)29(23)19-6-4-18(24)5-7-19/h3-13H,14H2,1-2H3,(H,26,30). The van der Waals surface area contributed by atoms with Crippen LogP contribution in [0.5, 0.6) is 0 Å². The van der Waals surface area contributed by atoms with Gasteiger partial charge in [0.15, 0.2) is 11.0 Å². The highest BCUT2D eigenvalue weighted by Gasteiger charge is 2.17. The molecule has 0 saturated heterocycles. The van der Waals surface area contributed by atoms with Gasteiger partial charge in [0, 0.05) is 34.4 Å². The van der Waals surface area contributed by atoms with E-state index in [2.05, 4.69) is 20.5 Å². The van der Waals surface area contributed by atoms with E-state index in [1.54, 1.807) is 12.4 Å². The molecule has 0 fully saturated rings. The monoisotopic (exact) mass is 449 g/mol. The Bertz CT molecular complexity index is 1210. The van der Waals surface area contributed by atoms with Crippen molar-refractivity contribution in [2.24, 2.45) is 0 Å². The van der Waals surface area contributed by atoms with Crippen molar-refractivity contribution in [3.05, 3.63) is 83.1 Å². The number of pyridine rings is 1. The quantitative estimate of drug-likeness (QED) is 0.403. The average molecular weight is 450 g/mol. The number of benzene rings is 2. The maximum absolute atomic E-state index is 12.6. The van der Waals surface area contributed by atoms with Crippen molar-refractivity contribution in [1.82, 2.24) is 19.7 Å². The van der Waals surface area contributed by atoms with Crippen LogP contribution in [-0.2, 0) is 4.79 Å². The molecule has 1 N–H and O–H groups in total. The first-order valence-corrected chi connectivity index (χ1v) is 11.0. The summed E-state index contributed by atoms with van der Waals surface area (Å²) in [7, 11) is 0. The van der Waals surface area contributed by atoms with Gasteiger partial charge in [-0.05, 0) is 61.9 Å². The van der Waals surface area contributed by atoms with Crippen molar-refractivity contribution in [3.63, 3.8) is 0 Å². The molecule has 0 radical (unpaired) electrons. The summed E-state index contributed by atoms with van der Waals surface area (Å²) in [6, 6.07) is 17.1. The lowest BCUT2D eigenvalue weighted by molar-refractivity contribution is -0.113. The molecule has 0 atom stereocenters. The zero-order valence-electron chi connectivity index (χ0n) is 17.0. The van der Waals surface area contributed by atoms with Gasteiger partial charge in [-0.2, -0.15) is 0 Å². The number of hydrogen-bond acceptors (Lipinski definition) is 5. The third kappa shape index (κ3) is 4.95. The smallest absolute Gasteiger partial charge is 0.234 e. The van der Waals surface area contributed by atoms with Gasteiger partial charge in [-0.1, -0.05) is 41.1 Å². The summed E-state index contributed by atoms with van der Waals surface area (Å²) >= 11 is 7.39. The predicted molar refractivity (Wildman–Crippen MR) is 125 cm³/mol. The van der Waals surface area contributed by atoms with Crippen LogP contribution >= 0.6 is 23.4 Å². The number of thioether (sulfide) groups is 1. The second-order valence-corrected chi connectivity index (χ2v) is 8.39. The molecule has 6 nitrogen and oxygen atoms in total. The number of hydrogen-bond donors (Lipinski definition) is 1. The lowest BCUT2D eigenvalue weighted by Crippen LogP contribution is -2.15. The molecule has 0 aliphatic heterocycles. The Hall–Kier alpha value is -3.16. The van der Waals surface area contributed by atoms with Gasteiger partial charge in [0.05, 0.1) is 5.75 Å². The summed E-state index contributed by atoms with van der Waals surface area (Å²) in [6.07, 6.45) is 3.42. The largest absolute Gasteiger partial charge is 0.325 e. The molecule has 31 heavy (non-hydrogen) atoms. The molecular weight excluding hydrogens is 430 g/mol. The van der Waals surface area contributed by atoms with E-state index >= 15 is 0 Å². The lowest BCUT2D eigenvalue weighted by Gasteiger charge is -2.11. The van der Waals surface area contributed by atoms with Crippen LogP contribution in [0.2, 0.25) is 5.02 Å². The van der Waals surface area contributed by atoms with Crippen molar-refractivity contribution in [2.45, 2.75) is 19.0 Å². The van der Waals surface area contributed by atoms with Crippen LogP contribution in [0.3, 0.4) is 0 Å². The molecule has 1 amide bonds. The van der Waals surface area contributed by atoms with Crippen LogP contribution in [0.15, 0.2) is 72.1 Å². The van der Waals surface area contributed by atoms with E-state index in [1.807, 2.05) is 73.0 Å². The average Bonchev–Trinajstić information content (AvgIpc) is 3.19. The van der Waals surface area contributed by atoms with Gasteiger partial charge in [0.1, 0.15) is 0 Å². The van der Waals surface area contributed by atoms with Crippen molar-refractivity contribution < 1.29 is 4.79 Å². The van der Waals surface area contributed by atoms with Crippen LogP contribution in [0.1, 0.15) is 11.1 Å². The summed E-state index contributed by atoms with van der Waals surface area (Å²) in [4.78, 5) is 16.6. The molecule has 4 rings (SSSR count). The number of aromatic nitrogens is 4. The first kappa shape index (κ1) is 21.1. The number of anilines is 1. The first-order valence-electron chi connectivity index (χ1n) is 9.63. The highest BCUT2D eigenvalue weighted by molar-refractivity contribution is 7.99. The van der Waals surface area contributed by atoms with Crippen LogP contribution in [-0.4, -0.2) is 31.4 Å². The van der Waals surface area contributed by atoms with E-state index in [9.17, 15) is 4.79 Å². The minimum absolute atomic E-state index is 0.104. The van der Waals surface area contributed by atoms with Gasteiger partial charge in [0.2, 0.25) is 5.91 Å². The molecule has 0 bridgehead atoms. The van der Waals surface area contributed by atoms with Gasteiger partial charge in [-0.15, -0.1) is 10.2 Å². The zero-order chi connectivity index (χ0) is 21.8. The second kappa shape index (κ2) is 9.32. The summed E-state index contributed by atoms with van der Waals surface area (Å²) in [6.45, 7) is 4.01. The van der Waals surface area contributed by atoms with E-state index in [-0.39, 0.29) is 11.7 Å². The Kier molecular flexibility index (Phi) is 6.34. The number of nitrogens with zero attached hydrogens (tertiary/aromatic N) is 4. The minimum atomic E-state index is -0.104. The Balaban J connectivity index is 1.58. The molecule has 2 aromatic carbocycles. The first-order chi connectivity index (χ1) is 15.0. The normalized spacial score (nSPS) is 10.8. The summed E-state index contributed by atoms with van der Waals surface area (Å²) in [5.74, 6) is 0.769. The fourth-order valence-electron chi connectivity index (χ4n) is 3.14. The Morgan fingerprint density at radius 3 is 2.48 bits per heavy atom. The van der Waals surface area contributed by atoms with Crippen LogP contribution < -0.4 is 5.32 Å². The van der Waals surface area contributed by atoms with E-state index < -0.39 is 0 Å². The number of carbonyl (C=O) groups excluding carboxylic acids is 1. The van der Waals surface area contributed by atoms with Crippen LogP contribution in [0.25, 0.3) is 17.1 Å². The van der Waals surface area contributed by atoms with Gasteiger partial charge < -0.3 is 5.32 Å². The van der Waals surface area contributed by atoms with Crippen molar-refractivity contribution in [2.75, 3.05) is 11.1 Å². The van der Waals surface area contributed by atoms with Gasteiger partial charge >= 0.3 is 0 Å². The number of rotatable bonds is 6. The van der Waals surface area contributed by atoms with E-state index in [0.717, 1.165) is 28.1 Å². The Labute approximate surface area is 189 Å². The predicted octanol–water partition coefficient (Wildman–Crippen LogP) is 5.33. The number of nitrogens with one attached hydrogen (secondary N) is 1. The molecule has 0 aliphatic carbocycles. The second-order valence-electron chi connectivity index (χ2n) is 7.01. The van der Waals surface area contributed by atoms with Crippen LogP contribution in [0, 0.1) is 13.8 Å². The van der Waals surface area contributed by atoms with Gasteiger partial charge in [-0.3, -0.25) is 14.3 Å². The SMILES string of the molecule is Cc1ccc(NC(=O)CSc2nnc(-c3ccncc3)n2-c2ccc(Cl)cc2)c(C)c1. The maximum atomic E-state index is 12.6. The topological polar surface area (TPSA) is 72.7 Å². The number of aryl methyl sites for hydroxylation is 2. The summed E-state index contributed by atoms with van der Waals surface area (Å²) < 4.78 is 1.92. The molecule has 0 unspecified atom stereocenters. The van der Waals surface area contributed by atoms with E-state index in [1.165, 1.54) is 11.8 Å². The zero-order valence-corrected chi connectivity index (χ0v) is 18.6. The third-order valence-electron chi connectivity index (χ3n) is 4.65. The van der Waals surface area contributed by atoms with Crippen molar-refractivity contribution in [3.8, 4) is 17.1 Å². The van der Waals surface area contributed by atoms with Gasteiger partial charge in [-0.25, -0.2) is 0 Å². The molecule has 156 valence electrons. The molecule has 8 heteroatoms.